The number of nitrogens with zero attached hydrogens (tertiary/aromatic N) is 2. The van der Waals surface area contributed by atoms with Crippen molar-refractivity contribution < 1.29 is 9.59 Å². The molecule has 31 heavy (non-hydrogen) atoms. The van der Waals surface area contributed by atoms with Gasteiger partial charge in [0.2, 0.25) is 5.91 Å². The number of likely N-dealkylation sites (tertiary alicyclic amines) is 1. The number of carbonyl (C=O) groups excluding carboxylic acids is 2. The van der Waals surface area contributed by atoms with Crippen molar-refractivity contribution in [3.8, 4) is 10.4 Å². The summed E-state index contributed by atoms with van der Waals surface area (Å²) >= 11 is 7.80. The van der Waals surface area contributed by atoms with Gasteiger partial charge in [-0.25, -0.2) is 4.98 Å². The Bertz CT molecular complexity index is 1110. The Morgan fingerprint density at radius 2 is 1.97 bits per heavy atom. The molecule has 0 spiro atoms. The molecule has 2 amide bonds. The van der Waals surface area contributed by atoms with Crippen LogP contribution in [0.4, 0.5) is 0 Å². The van der Waals surface area contributed by atoms with Crippen molar-refractivity contribution in [1.82, 2.24) is 15.2 Å². The minimum atomic E-state index is -0.454. The maximum atomic E-state index is 13.1. The highest BCUT2D eigenvalue weighted by molar-refractivity contribution is 7.13. The van der Waals surface area contributed by atoms with Gasteiger partial charge in [0.05, 0.1) is 16.1 Å². The second-order valence-electron chi connectivity index (χ2n) is 7.75. The van der Waals surface area contributed by atoms with Gasteiger partial charge in [-0.3, -0.25) is 9.59 Å². The standard InChI is InChI=1S/C24H24ClN3O2S/c1-15-19(5-3-6-20(15)25)24(30)28-12-4-7-21(28)23(29)26-13-17-8-10-18(11-9-17)22-16(2)27-14-31-22/h3,5-6,8-11,14,21H,4,7,12-13H2,1-2H3,(H,26,29). The Labute approximate surface area is 191 Å². The minimum absolute atomic E-state index is 0.118. The number of hydrogen-bond acceptors (Lipinski definition) is 4. The van der Waals surface area contributed by atoms with Gasteiger partial charge in [0.25, 0.3) is 5.91 Å². The number of amides is 2. The zero-order valence-corrected chi connectivity index (χ0v) is 19.1. The maximum absolute atomic E-state index is 13.1. The van der Waals surface area contributed by atoms with Gasteiger partial charge in [0.15, 0.2) is 0 Å². The predicted molar refractivity (Wildman–Crippen MR) is 124 cm³/mol. The summed E-state index contributed by atoms with van der Waals surface area (Å²) in [6.45, 7) is 4.83. The van der Waals surface area contributed by atoms with E-state index in [0.717, 1.165) is 33.7 Å². The van der Waals surface area contributed by atoms with Gasteiger partial charge in [-0.2, -0.15) is 0 Å². The third kappa shape index (κ3) is 4.50. The van der Waals surface area contributed by atoms with E-state index in [2.05, 4.69) is 22.4 Å². The molecule has 2 heterocycles. The summed E-state index contributed by atoms with van der Waals surface area (Å²) < 4.78 is 0. The summed E-state index contributed by atoms with van der Waals surface area (Å²) in [5.74, 6) is -0.255. The van der Waals surface area contributed by atoms with E-state index in [1.165, 1.54) is 0 Å². The van der Waals surface area contributed by atoms with Gasteiger partial charge >= 0.3 is 0 Å². The summed E-state index contributed by atoms with van der Waals surface area (Å²) in [4.78, 5) is 33.1. The van der Waals surface area contributed by atoms with Crippen LogP contribution >= 0.6 is 22.9 Å². The van der Waals surface area contributed by atoms with E-state index in [4.69, 9.17) is 11.6 Å². The zero-order valence-electron chi connectivity index (χ0n) is 17.5. The summed E-state index contributed by atoms with van der Waals surface area (Å²) in [5.41, 5.74) is 6.31. The Hall–Kier alpha value is -2.70. The van der Waals surface area contributed by atoms with Crippen molar-refractivity contribution in [3.05, 3.63) is 75.4 Å². The Morgan fingerprint density at radius 1 is 1.19 bits per heavy atom. The average molecular weight is 454 g/mol. The molecule has 0 saturated carbocycles. The molecule has 0 radical (unpaired) electrons. The lowest BCUT2D eigenvalue weighted by Gasteiger charge is -2.25. The van der Waals surface area contributed by atoms with Gasteiger partial charge in [0, 0.05) is 23.7 Å². The number of aryl methyl sites for hydroxylation is 1. The second kappa shape index (κ2) is 9.20. The molecule has 7 heteroatoms. The van der Waals surface area contributed by atoms with Crippen LogP contribution in [0.3, 0.4) is 0 Å². The molecular weight excluding hydrogens is 430 g/mol. The second-order valence-corrected chi connectivity index (χ2v) is 9.01. The van der Waals surface area contributed by atoms with E-state index in [0.29, 0.717) is 30.1 Å². The average Bonchev–Trinajstić information content (AvgIpc) is 3.43. The number of hydrogen-bond donors (Lipinski definition) is 1. The van der Waals surface area contributed by atoms with Crippen molar-refractivity contribution in [1.29, 1.82) is 0 Å². The number of halogens is 1. The van der Waals surface area contributed by atoms with Gasteiger partial charge in [-0.1, -0.05) is 41.9 Å². The number of rotatable bonds is 5. The summed E-state index contributed by atoms with van der Waals surface area (Å²) in [6, 6.07) is 13.0. The topological polar surface area (TPSA) is 62.3 Å². The number of benzene rings is 2. The fourth-order valence-electron chi connectivity index (χ4n) is 3.94. The maximum Gasteiger partial charge on any atom is 0.254 e. The van der Waals surface area contributed by atoms with E-state index in [1.54, 1.807) is 34.4 Å². The van der Waals surface area contributed by atoms with Crippen LogP contribution in [0, 0.1) is 13.8 Å². The number of aromatic nitrogens is 1. The molecule has 160 valence electrons. The summed E-state index contributed by atoms with van der Waals surface area (Å²) in [5, 5.41) is 3.56. The molecule has 1 aromatic heterocycles. The molecule has 0 aliphatic carbocycles. The molecule has 1 aliphatic rings. The van der Waals surface area contributed by atoms with Crippen molar-refractivity contribution in [3.63, 3.8) is 0 Å². The first-order valence-electron chi connectivity index (χ1n) is 10.3. The van der Waals surface area contributed by atoms with Crippen LogP contribution in [0.1, 0.15) is 40.0 Å². The van der Waals surface area contributed by atoms with Crippen LogP contribution in [-0.2, 0) is 11.3 Å². The van der Waals surface area contributed by atoms with Crippen LogP contribution < -0.4 is 5.32 Å². The predicted octanol–water partition coefficient (Wildman–Crippen LogP) is 5.00. The highest BCUT2D eigenvalue weighted by Gasteiger charge is 2.35. The SMILES string of the molecule is Cc1ncsc1-c1ccc(CNC(=O)C2CCCN2C(=O)c2cccc(Cl)c2C)cc1. The zero-order chi connectivity index (χ0) is 22.0. The van der Waals surface area contributed by atoms with Crippen LogP contribution in [-0.4, -0.2) is 34.3 Å². The molecule has 1 saturated heterocycles. The van der Waals surface area contributed by atoms with E-state index in [1.807, 2.05) is 31.5 Å². The highest BCUT2D eigenvalue weighted by atomic mass is 35.5. The van der Waals surface area contributed by atoms with Crippen molar-refractivity contribution in [2.45, 2.75) is 39.3 Å². The molecule has 0 bridgehead atoms. The van der Waals surface area contributed by atoms with Crippen LogP contribution in [0.5, 0.6) is 0 Å². The lowest BCUT2D eigenvalue weighted by molar-refractivity contribution is -0.125. The third-order valence-corrected chi connectivity index (χ3v) is 7.13. The first-order chi connectivity index (χ1) is 15.0. The number of thiazole rings is 1. The fraction of sp³-hybridized carbons (Fsp3) is 0.292. The van der Waals surface area contributed by atoms with Gasteiger partial charge < -0.3 is 10.2 Å². The summed E-state index contributed by atoms with van der Waals surface area (Å²) in [7, 11) is 0. The minimum Gasteiger partial charge on any atom is -0.350 e. The van der Waals surface area contributed by atoms with E-state index in [-0.39, 0.29) is 11.8 Å². The molecular formula is C24H24ClN3O2S. The largest absolute Gasteiger partial charge is 0.350 e. The van der Waals surface area contributed by atoms with E-state index in [9.17, 15) is 9.59 Å². The molecule has 1 N–H and O–H groups in total. The third-order valence-electron chi connectivity index (χ3n) is 5.74. The van der Waals surface area contributed by atoms with Gasteiger partial charge in [-0.05, 0) is 55.5 Å². The molecule has 1 unspecified atom stereocenters. The fourth-order valence-corrected chi connectivity index (χ4v) is 4.92. The molecule has 1 atom stereocenters. The van der Waals surface area contributed by atoms with Crippen molar-refractivity contribution in [2.75, 3.05) is 6.54 Å². The van der Waals surface area contributed by atoms with Crippen LogP contribution in [0.2, 0.25) is 5.02 Å². The quantitative estimate of drug-likeness (QED) is 0.591. The Morgan fingerprint density at radius 3 is 2.68 bits per heavy atom. The number of carbonyl (C=O) groups is 2. The normalized spacial score (nSPS) is 15.8. The van der Waals surface area contributed by atoms with E-state index >= 15 is 0 Å². The molecule has 1 aliphatic heterocycles. The monoisotopic (exact) mass is 453 g/mol. The van der Waals surface area contributed by atoms with Crippen molar-refractivity contribution in [2.24, 2.45) is 0 Å². The van der Waals surface area contributed by atoms with Crippen molar-refractivity contribution >= 4 is 34.8 Å². The Balaban J connectivity index is 1.40. The Kier molecular flexibility index (Phi) is 6.39. The van der Waals surface area contributed by atoms with Gasteiger partial charge in [0.1, 0.15) is 6.04 Å². The molecule has 5 nitrogen and oxygen atoms in total. The lowest BCUT2D eigenvalue weighted by Crippen LogP contribution is -2.45. The van der Waals surface area contributed by atoms with Crippen LogP contribution in [0.15, 0.2) is 48.0 Å². The molecule has 2 aromatic carbocycles. The number of nitrogens with one attached hydrogen (secondary N) is 1. The highest BCUT2D eigenvalue weighted by Crippen LogP contribution is 2.27. The molecule has 3 aromatic rings. The smallest absolute Gasteiger partial charge is 0.254 e. The first-order valence-corrected chi connectivity index (χ1v) is 11.5. The van der Waals surface area contributed by atoms with Gasteiger partial charge in [-0.15, -0.1) is 11.3 Å². The van der Waals surface area contributed by atoms with E-state index < -0.39 is 6.04 Å². The van der Waals surface area contributed by atoms with Crippen LogP contribution in [0.25, 0.3) is 10.4 Å². The first kappa shape index (κ1) is 21.5. The lowest BCUT2D eigenvalue weighted by atomic mass is 10.1. The summed E-state index contributed by atoms with van der Waals surface area (Å²) in [6.07, 6.45) is 1.48. The molecule has 1 fully saturated rings. The molecule has 4 rings (SSSR count).